The number of anilines is 3. The highest BCUT2D eigenvalue weighted by Crippen LogP contribution is 2.32. The molecule has 2 fully saturated rings. The van der Waals surface area contributed by atoms with Crippen molar-refractivity contribution in [2.45, 2.75) is 0 Å². The zero-order valence-corrected chi connectivity index (χ0v) is 17.2. The van der Waals surface area contributed by atoms with E-state index in [2.05, 4.69) is 25.1 Å². The molecule has 166 valence electrons. The number of ether oxygens (including phenoxy) is 1. The maximum absolute atomic E-state index is 13.2. The van der Waals surface area contributed by atoms with E-state index in [0.717, 1.165) is 25.3 Å². The van der Waals surface area contributed by atoms with Gasteiger partial charge in [0, 0.05) is 58.0 Å². The number of halogens is 1. The van der Waals surface area contributed by atoms with Crippen LogP contribution in [0.4, 0.5) is 27.4 Å². The van der Waals surface area contributed by atoms with E-state index in [-0.39, 0.29) is 17.3 Å². The summed E-state index contributed by atoms with van der Waals surface area (Å²) in [7, 11) is 0. The summed E-state index contributed by atoms with van der Waals surface area (Å²) in [5.74, 6) is 0.296. The van der Waals surface area contributed by atoms with Crippen molar-refractivity contribution in [1.82, 2.24) is 14.9 Å². The Labute approximate surface area is 179 Å². The van der Waals surface area contributed by atoms with E-state index in [1.165, 1.54) is 18.5 Å². The summed E-state index contributed by atoms with van der Waals surface area (Å²) in [4.78, 5) is 26.1. The van der Waals surface area contributed by atoms with Crippen LogP contribution < -0.4 is 15.1 Å². The summed E-state index contributed by atoms with van der Waals surface area (Å²) in [6.45, 7) is 6.91. The lowest BCUT2D eigenvalue weighted by atomic mass is 10.2. The average molecular weight is 431 g/mol. The molecule has 31 heavy (non-hydrogen) atoms. The molecule has 2 aliphatic rings. The lowest BCUT2D eigenvalue weighted by Gasteiger charge is -2.36. The summed E-state index contributed by atoms with van der Waals surface area (Å²) in [5.41, 5.74) is 0.836. The minimum Gasteiger partial charge on any atom is -0.379 e. The zero-order chi connectivity index (χ0) is 21.6. The number of hydrogen-bond donors (Lipinski definition) is 1. The number of nitrogens with zero attached hydrogens (tertiary/aromatic N) is 6. The Balaban J connectivity index is 1.41. The number of hydrogen-bond acceptors (Lipinski definition) is 9. The standard InChI is InChI=1S/C20H26FN7O3/c21-16-1-3-17(4-2-16)26-7-9-27(10-8-26)20-18(28(29)30)19(23-15-24-20)22-5-6-25-11-13-31-14-12-25/h1-4,15H,5-14H2,(H,22,23,24). The van der Waals surface area contributed by atoms with Gasteiger partial charge in [-0.3, -0.25) is 15.0 Å². The van der Waals surface area contributed by atoms with Gasteiger partial charge < -0.3 is 19.9 Å². The summed E-state index contributed by atoms with van der Waals surface area (Å²) < 4.78 is 18.5. The van der Waals surface area contributed by atoms with Gasteiger partial charge in [-0.15, -0.1) is 0 Å². The number of rotatable bonds is 7. The van der Waals surface area contributed by atoms with Crippen LogP contribution in [0.2, 0.25) is 0 Å². The topological polar surface area (TPSA) is 99.9 Å². The molecule has 1 N–H and O–H groups in total. The molecular formula is C20H26FN7O3. The Hall–Kier alpha value is -3.05. The smallest absolute Gasteiger partial charge is 0.353 e. The molecule has 1 aromatic carbocycles. The van der Waals surface area contributed by atoms with Crippen molar-refractivity contribution in [3.63, 3.8) is 0 Å². The molecule has 2 aromatic rings. The molecule has 10 nitrogen and oxygen atoms in total. The number of aromatic nitrogens is 2. The number of piperazine rings is 1. The van der Waals surface area contributed by atoms with Gasteiger partial charge in [-0.1, -0.05) is 0 Å². The van der Waals surface area contributed by atoms with Gasteiger partial charge in [0.25, 0.3) is 0 Å². The molecule has 0 atom stereocenters. The average Bonchev–Trinajstić information content (AvgIpc) is 2.80. The fraction of sp³-hybridized carbons (Fsp3) is 0.500. The second-order valence-electron chi connectivity index (χ2n) is 7.48. The Morgan fingerprint density at radius 2 is 1.71 bits per heavy atom. The van der Waals surface area contributed by atoms with E-state index >= 15 is 0 Å². The van der Waals surface area contributed by atoms with Crippen LogP contribution in [0.1, 0.15) is 0 Å². The highest BCUT2D eigenvalue weighted by molar-refractivity contribution is 5.70. The molecule has 4 rings (SSSR count). The highest BCUT2D eigenvalue weighted by atomic mass is 19.1. The number of nitro groups is 1. The van der Waals surface area contributed by atoms with Crippen molar-refractivity contribution >= 4 is 23.0 Å². The van der Waals surface area contributed by atoms with Crippen LogP contribution in [0.5, 0.6) is 0 Å². The van der Waals surface area contributed by atoms with Gasteiger partial charge in [0.15, 0.2) is 0 Å². The Kier molecular flexibility index (Phi) is 6.73. The molecule has 2 aliphatic heterocycles. The van der Waals surface area contributed by atoms with Gasteiger partial charge in [-0.25, -0.2) is 14.4 Å². The highest BCUT2D eigenvalue weighted by Gasteiger charge is 2.29. The van der Waals surface area contributed by atoms with Crippen molar-refractivity contribution < 1.29 is 14.1 Å². The van der Waals surface area contributed by atoms with Gasteiger partial charge in [0.2, 0.25) is 11.6 Å². The van der Waals surface area contributed by atoms with E-state index < -0.39 is 4.92 Å². The molecule has 0 amide bonds. The second-order valence-corrected chi connectivity index (χ2v) is 7.48. The maximum atomic E-state index is 13.2. The van der Waals surface area contributed by atoms with Gasteiger partial charge in [-0.2, -0.15) is 0 Å². The predicted molar refractivity (Wildman–Crippen MR) is 115 cm³/mol. The third kappa shape index (κ3) is 5.17. The molecule has 1 aromatic heterocycles. The van der Waals surface area contributed by atoms with E-state index in [1.807, 2.05) is 4.90 Å². The van der Waals surface area contributed by atoms with E-state index in [0.29, 0.717) is 51.8 Å². The van der Waals surface area contributed by atoms with Crippen LogP contribution in [-0.2, 0) is 4.74 Å². The first kappa shape index (κ1) is 21.2. The monoisotopic (exact) mass is 431 g/mol. The lowest BCUT2D eigenvalue weighted by molar-refractivity contribution is -0.383. The fourth-order valence-corrected chi connectivity index (χ4v) is 3.88. The van der Waals surface area contributed by atoms with Gasteiger partial charge in [-0.05, 0) is 24.3 Å². The summed E-state index contributed by atoms with van der Waals surface area (Å²) >= 11 is 0. The van der Waals surface area contributed by atoms with E-state index in [1.54, 1.807) is 12.1 Å². The van der Waals surface area contributed by atoms with Crippen LogP contribution in [0.15, 0.2) is 30.6 Å². The molecule has 0 unspecified atom stereocenters. The van der Waals surface area contributed by atoms with Crippen LogP contribution in [0.25, 0.3) is 0 Å². The number of morpholine rings is 1. The Morgan fingerprint density at radius 1 is 1.03 bits per heavy atom. The molecule has 0 spiro atoms. The molecular weight excluding hydrogens is 405 g/mol. The van der Waals surface area contributed by atoms with Crippen LogP contribution in [0, 0.1) is 15.9 Å². The first-order valence-corrected chi connectivity index (χ1v) is 10.4. The van der Waals surface area contributed by atoms with E-state index in [4.69, 9.17) is 4.74 Å². The van der Waals surface area contributed by atoms with Crippen LogP contribution in [0.3, 0.4) is 0 Å². The molecule has 0 radical (unpaired) electrons. The molecule has 3 heterocycles. The first-order chi connectivity index (χ1) is 15.1. The van der Waals surface area contributed by atoms with Crippen molar-refractivity contribution in [2.24, 2.45) is 0 Å². The minimum atomic E-state index is -0.418. The SMILES string of the molecule is O=[N+]([O-])c1c(NCCN2CCOCC2)ncnc1N1CCN(c2ccc(F)cc2)CC1. The van der Waals surface area contributed by atoms with Gasteiger partial charge in [0.05, 0.1) is 18.1 Å². The van der Waals surface area contributed by atoms with Gasteiger partial charge in [0.1, 0.15) is 12.1 Å². The van der Waals surface area contributed by atoms with Crippen LogP contribution >= 0.6 is 0 Å². The third-order valence-electron chi connectivity index (χ3n) is 5.58. The van der Waals surface area contributed by atoms with Crippen molar-refractivity contribution in [1.29, 1.82) is 0 Å². The largest absolute Gasteiger partial charge is 0.379 e. The lowest BCUT2D eigenvalue weighted by Crippen LogP contribution is -2.47. The zero-order valence-electron chi connectivity index (χ0n) is 17.2. The second kappa shape index (κ2) is 9.84. The van der Waals surface area contributed by atoms with Gasteiger partial charge >= 0.3 is 5.69 Å². The molecule has 2 saturated heterocycles. The quantitative estimate of drug-likeness (QED) is 0.517. The third-order valence-corrected chi connectivity index (χ3v) is 5.58. The molecule has 0 saturated carbocycles. The molecule has 0 aliphatic carbocycles. The number of benzene rings is 1. The van der Waals surface area contributed by atoms with Crippen molar-refractivity contribution in [2.75, 3.05) is 80.7 Å². The van der Waals surface area contributed by atoms with Crippen molar-refractivity contribution in [3.8, 4) is 0 Å². The summed E-state index contributed by atoms with van der Waals surface area (Å²) in [6.07, 6.45) is 1.37. The normalized spacial score (nSPS) is 17.6. The number of nitrogens with one attached hydrogen (secondary N) is 1. The Bertz CT molecular complexity index is 885. The molecule has 11 heteroatoms. The fourth-order valence-electron chi connectivity index (χ4n) is 3.88. The maximum Gasteiger partial charge on any atom is 0.353 e. The van der Waals surface area contributed by atoms with Crippen LogP contribution in [-0.4, -0.2) is 85.4 Å². The Morgan fingerprint density at radius 3 is 2.39 bits per heavy atom. The minimum absolute atomic E-state index is 0.0975. The first-order valence-electron chi connectivity index (χ1n) is 10.4. The summed E-state index contributed by atoms with van der Waals surface area (Å²) in [6, 6.07) is 6.36. The van der Waals surface area contributed by atoms with E-state index in [9.17, 15) is 14.5 Å². The predicted octanol–water partition coefficient (Wildman–Crippen LogP) is 1.59. The van der Waals surface area contributed by atoms with Crippen molar-refractivity contribution in [3.05, 3.63) is 46.5 Å². The molecule has 0 bridgehead atoms. The summed E-state index contributed by atoms with van der Waals surface area (Å²) in [5, 5.41) is 15.0.